The molecule has 204 valence electrons. The largest absolute Gasteiger partial charge is 0.446 e. The number of hydrogen-bond donors (Lipinski definition) is 2. The van der Waals surface area contributed by atoms with Crippen LogP contribution in [0.4, 0.5) is 21.1 Å². The molecule has 2 N–H and O–H groups in total. The third-order valence-electron chi connectivity index (χ3n) is 6.44. The van der Waals surface area contributed by atoms with Gasteiger partial charge < -0.3 is 10.1 Å². The van der Waals surface area contributed by atoms with Gasteiger partial charge in [-0.25, -0.2) is 19.2 Å². The third-order valence-corrected chi connectivity index (χ3v) is 6.69. The van der Waals surface area contributed by atoms with E-state index in [-0.39, 0.29) is 17.6 Å². The number of benzene rings is 3. The summed E-state index contributed by atoms with van der Waals surface area (Å²) in [6, 6.07) is 23.6. The average molecular weight is 558 g/mol. The number of hydrogen-bond acceptors (Lipinski definition) is 5. The zero-order valence-corrected chi connectivity index (χ0v) is 23.0. The number of carbonyl (C=O) groups excluding carboxylic acids is 3. The van der Waals surface area contributed by atoms with E-state index in [1.807, 2.05) is 51.1 Å². The lowest BCUT2D eigenvalue weighted by Gasteiger charge is -2.20. The van der Waals surface area contributed by atoms with Crippen LogP contribution in [0.25, 0.3) is 5.69 Å². The number of rotatable bonds is 5. The normalized spacial score (nSPS) is 15.1. The molecule has 40 heavy (non-hydrogen) atoms. The van der Waals surface area contributed by atoms with E-state index in [0.717, 1.165) is 16.2 Å². The lowest BCUT2D eigenvalue weighted by Crippen LogP contribution is -2.34. The van der Waals surface area contributed by atoms with Crippen LogP contribution in [0.1, 0.15) is 48.4 Å². The molecule has 10 heteroatoms. The van der Waals surface area contributed by atoms with Crippen LogP contribution >= 0.6 is 11.6 Å². The first kappa shape index (κ1) is 27.0. The van der Waals surface area contributed by atoms with Crippen LogP contribution in [0.5, 0.6) is 0 Å². The van der Waals surface area contributed by atoms with E-state index in [9.17, 15) is 14.4 Å². The number of aromatic nitrogens is 2. The molecule has 1 aliphatic heterocycles. The van der Waals surface area contributed by atoms with Gasteiger partial charge in [0.25, 0.3) is 5.91 Å². The summed E-state index contributed by atoms with van der Waals surface area (Å²) < 4.78 is 6.80. The Morgan fingerprint density at radius 2 is 1.68 bits per heavy atom. The van der Waals surface area contributed by atoms with E-state index in [1.54, 1.807) is 59.3 Å². The van der Waals surface area contributed by atoms with E-state index in [0.29, 0.717) is 22.2 Å². The van der Waals surface area contributed by atoms with Crippen molar-refractivity contribution in [2.45, 2.75) is 32.2 Å². The molecule has 4 amide bonds. The number of nitrogens with zero attached hydrogens (tertiary/aromatic N) is 3. The van der Waals surface area contributed by atoms with Crippen molar-refractivity contribution >= 4 is 41.1 Å². The maximum atomic E-state index is 13.6. The van der Waals surface area contributed by atoms with Crippen molar-refractivity contribution in [1.82, 2.24) is 14.7 Å². The van der Waals surface area contributed by atoms with Gasteiger partial charge in [-0.1, -0.05) is 68.8 Å². The highest BCUT2D eigenvalue weighted by Gasteiger charge is 2.39. The van der Waals surface area contributed by atoms with Gasteiger partial charge in [0.2, 0.25) is 0 Å². The number of carbonyl (C=O) groups is 3. The first-order valence-corrected chi connectivity index (χ1v) is 13.1. The van der Waals surface area contributed by atoms with Gasteiger partial charge in [-0.2, -0.15) is 5.10 Å². The van der Waals surface area contributed by atoms with Gasteiger partial charge in [0.05, 0.1) is 11.4 Å². The Kier molecular flexibility index (Phi) is 7.32. The topological polar surface area (TPSA) is 106 Å². The second-order valence-electron chi connectivity index (χ2n) is 10.4. The lowest BCUT2D eigenvalue weighted by molar-refractivity contribution is 0.0774. The molecule has 1 fully saturated rings. The lowest BCUT2D eigenvalue weighted by atomic mass is 9.92. The maximum Gasteiger partial charge on any atom is 0.417 e. The summed E-state index contributed by atoms with van der Waals surface area (Å²) in [7, 11) is 0. The highest BCUT2D eigenvalue weighted by atomic mass is 35.5. The van der Waals surface area contributed by atoms with Gasteiger partial charge in [-0.3, -0.25) is 10.1 Å². The smallest absolute Gasteiger partial charge is 0.417 e. The highest BCUT2D eigenvalue weighted by Crippen LogP contribution is 2.31. The first-order valence-electron chi connectivity index (χ1n) is 12.7. The molecular weight excluding hydrogens is 530 g/mol. The van der Waals surface area contributed by atoms with E-state index < -0.39 is 24.1 Å². The van der Waals surface area contributed by atoms with Crippen molar-refractivity contribution in [1.29, 1.82) is 0 Å². The Morgan fingerprint density at radius 1 is 0.950 bits per heavy atom. The molecule has 0 radical (unpaired) electrons. The molecule has 0 bridgehead atoms. The third kappa shape index (κ3) is 5.69. The van der Waals surface area contributed by atoms with E-state index in [4.69, 9.17) is 21.4 Å². The van der Waals surface area contributed by atoms with Crippen molar-refractivity contribution in [2.75, 3.05) is 17.2 Å². The molecular formula is C30H28ClN5O4. The number of nitrogens with one attached hydrogen (secondary N) is 2. The summed E-state index contributed by atoms with van der Waals surface area (Å²) in [6.07, 6.45) is -0.695. The molecule has 5 rings (SSSR count). The molecule has 4 aromatic rings. The number of cyclic esters (lactones) is 1. The molecule has 0 aliphatic carbocycles. The van der Waals surface area contributed by atoms with Crippen molar-refractivity contribution in [3.63, 3.8) is 0 Å². The Morgan fingerprint density at radius 3 is 2.38 bits per heavy atom. The minimum atomic E-state index is -0.695. The summed E-state index contributed by atoms with van der Waals surface area (Å²) in [5, 5.41) is 10.9. The summed E-state index contributed by atoms with van der Waals surface area (Å²) in [5.74, 6) is -0.0832. The summed E-state index contributed by atoms with van der Waals surface area (Å²) in [5.41, 5.74) is 2.61. The monoisotopic (exact) mass is 557 g/mol. The van der Waals surface area contributed by atoms with Crippen LogP contribution < -0.4 is 10.6 Å². The summed E-state index contributed by atoms with van der Waals surface area (Å²) in [4.78, 5) is 40.2. The van der Waals surface area contributed by atoms with Crippen LogP contribution in [-0.4, -0.2) is 39.3 Å². The van der Waals surface area contributed by atoms with E-state index >= 15 is 0 Å². The Balaban J connectivity index is 1.45. The predicted molar refractivity (Wildman–Crippen MR) is 153 cm³/mol. The minimum absolute atomic E-state index is 0.0825. The fourth-order valence-corrected chi connectivity index (χ4v) is 4.45. The van der Waals surface area contributed by atoms with Crippen LogP contribution in [0.3, 0.4) is 0 Å². The fraction of sp³-hybridized carbons (Fsp3) is 0.200. The molecule has 1 aliphatic rings. The van der Waals surface area contributed by atoms with Gasteiger partial charge >= 0.3 is 12.1 Å². The number of ether oxygens (including phenoxy) is 1. The Hall–Kier alpha value is -4.63. The second kappa shape index (κ2) is 10.9. The number of anilines is 2. The quantitative estimate of drug-likeness (QED) is 0.281. The maximum absolute atomic E-state index is 13.6. The summed E-state index contributed by atoms with van der Waals surface area (Å²) >= 11 is 5.94. The van der Waals surface area contributed by atoms with Gasteiger partial charge in [0.15, 0.2) is 0 Å². The molecule has 1 atom stereocenters. The molecule has 0 saturated carbocycles. The molecule has 1 aromatic heterocycles. The van der Waals surface area contributed by atoms with E-state index in [1.165, 1.54) is 0 Å². The number of imide groups is 1. The Labute approximate surface area is 236 Å². The predicted octanol–water partition coefficient (Wildman–Crippen LogP) is 6.80. The first-order chi connectivity index (χ1) is 19.1. The summed E-state index contributed by atoms with van der Waals surface area (Å²) in [6.45, 7) is 6.12. The number of halogens is 1. The van der Waals surface area contributed by atoms with Gasteiger partial charge in [0, 0.05) is 27.8 Å². The zero-order chi connectivity index (χ0) is 28.4. The molecule has 2 heterocycles. The zero-order valence-electron chi connectivity index (χ0n) is 22.2. The van der Waals surface area contributed by atoms with Crippen molar-refractivity contribution in [3.8, 4) is 5.69 Å². The molecule has 0 unspecified atom stereocenters. The average Bonchev–Trinajstić information content (AvgIpc) is 3.54. The van der Waals surface area contributed by atoms with E-state index in [2.05, 4.69) is 10.6 Å². The standard InChI is InChI=1S/C30H28ClN5O4/c1-30(2,3)25-17-26(33-28(38)32-22-14-12-21(31)13-15-22)36(34-25)23-11-7-10-20(16-23)27(37)35-24(18-40-29(35)39)19-8-5-4-6-9-19/h4-17,24H,18H2,1-3H3,(H2,32,33,38)/t24-/m1/s1. The van der Waals surface area contributed by atoms with Crippen molar-refractivity contribution in [2.24, 2.45) is 0 Å². The van der Waals surface area contributed by atoms with Crippen LogP contribution in [0, 0.1) is 0 Å². The minimum Gasteiger partial charge on any atom is -0.446 e. The van der Waals surface area contributed by atoms with Gasteiger partial charge in [-0.15, -0.1) is 0 Å². The van der Waals surface area contributed by atoms with Crippen LogP contribution in [-0.2, 0) is 10.2 Å². The Bertz CT molecular complexity index is 1560. The number of amides is 4. The van der Waals surface area contributed by atoms with Gasteiger partial charge in [0.1, 0.15) is 18.5 Å². The molecule has 0 spiro atoms. The SMILES string of the molecule is CC(C)(C)c1cc(NC(=O)Nc2ccc(Cl)cc2)n(-c2cccc(C(=O)N3C(=O)OC[C@@H]3c3ccccc3)c2)n1. The van der Waals surface area contributed by atoms with Gasteiger partial charge in [-0.05, 0) is 48.0 Å². The fourth-order valence-electron chi connectivity index (χ4n) is 4.32. The van der Waals surface area contributed by atoms with Crippen LogP contribution in [0.15, 0.2) is 84.9 Å². The molecule has 1 saturated heterocycles. The molecule has 3 aromatic carbocycles. The number of urea groups is 1. The van der Waals surface area contributed by atoms with Crippen molar-refractivity contribution < 1.29 is 19.1 Å². The van der Waals surface area contributed by atoms with Crippen molar-refractivity contribution in [3.05, 3.63) is 107 Å². The molecule has 9 nitrogen and oxygen atoms in total. The highest BCUT2D eigenvalue weighted by molar-refractivity contribution is 6.30. The second-order valence-corrected chi connectivity index (χ2v) is 10.8. The van der Waals surface area contributed by atoms with Crippen LogP contribution in [0.2, 0.25) is 5.02 Å².